The number of urea groups is 1. The molecule has 0 radical (unpaired) electrons. The van der Waals surface area contributed by atoms with Crippen LogP contribution in [-0.4, -0.2) is 78.9 Å². The van der Waals surface area contributed by atoms with Gasteiger partial charge in [0.25, 0.3) is 0 Å². The molecule has 2 atom stereocenters. The number of anilines is 1. The maximum Gasteiger partial charge on any atom is 0.410 e. The predicted molar refractivity (Wildman–Crippen MR) is 198 cm³/mol. The normalized spacial score (nSPS) is 12.7. The van der Waals surface area contributed by atoms with E-state index in [2.05, 4.69) is 27.2 Å². The van der Waals surface area contributed by atoms with Crippen LogP contribution < -0.4 is 27.0 Å². The summed E-state index contributed by atoms with van der Waals surface area (Å²) in [5.41, 5.74) is 10.8. The number of nitrogens with two attached hydrogens (primary N) is 1. The fraction of sp³-hybridized carbons (Fsp3) is 0.359. The molecule has 4 rings (SSSR count). The first-order chi connectivity index (χ1) is 25.4. The average molecular weight is 727 g/mol. The Bertz CT molecular complexity index is 1790. The van der Waals surface area contributed by atoms with E-state index in [0.29, 0.717) is 16.8 Å². The average Bonchev–Trinajstić information content (AvgIpc) is 3.46. The first-order valence-corrected chi connectivity index (χ1v) is 17.2. The Morgan fingerprint density at radius 2 is 1.58 bits per heavy atom. The molecule has 3 aromatic rings. The van der Waals surface area contributed by atoms with Crippen molar-refractivity contribution in [2.75, 3.05) is 32.1 Å². The number of carbonyl (C=O) groups excluding carboxylic acids is 5. The van der Waals surface area contributed by atoms with E-state index in [0.717, 1.165) is 22.3 Å². The number of aliphatic hydroxyl groups is 1. The van der Waals surface area contributed by atoms with Crippen LogP contribution in [0.15, 0.2) is 66.7 Å². The minimum Gasteiger partial charge on any atom is -0.449 e. The number of primary amides is 1. The summed E-state index contributed by atoms with van der Waals surface area (Å²) in [6.07, 6.45) is 4.11. The Labute approximate surface area is 308 Å². The molecule has 0 saturated heterocycles. The van der Waals surface area contributed by atoms with E-state index in [-0.39, 0.29) is 57.6 Å². The van der Waals surface area contributed by atoms with Gasteiger partial charge >= 0.3 is 18.2 Å². The quantitative estimate of drug-likeness (QED) is 0.0945. The van der Waals surface area contributed by atoms with E-state index in [4.69, 9.17) is 21.6 Å². The summed E-state index contributed by atoms with van der Waals surface area (Å²) in [5, 5.41) is 20.5. The predicted octanol–water partition coefficient (Wildman–Crippen LogP) is 3.82. The van der Waals surface area contributed by atoms with Crippen LogP contribution in [0.4, 0.5) is 20.1 Å². The number of hydrogen-bond acceptors (Lipinski definition) is 8. The summed E-state index contributed by atoms with van der Waals surface area (Å²) in [6.45, 7) is 3.23. The fourth-order valence-electron chi connectivity index (χ4n) is 6.12. The lowest BCUT2D eigenvalue weighted by atomic mass is 9.98. The van der Waals surface area contributed by atoms with Crippen molar-refractivity contribution in [1.29, 1.82) is 0 Å². The largest absolute Gasteiger partial charge is 0.449 e. The molecular formula is C39H46N6O8. The number of terminal acetylenes is 1. The monoisotopic (exact) mass is 726 g/mol. The topological polar surface area (TPSA) is 201 Å². The SMILES string of the molecule is C#CCOC(=O)N(C)Cc1cc(NC(=O)[C@H](CCCNC(N)=O)NC(=O)[C@@H](NC(=O)OCC2c3ccccc3-c3ccccc32)C(C)C)ccc1CO. The van der Waals surface area contributed by atoms with Crippen LogP contribution >= 0.6 is 0 Å². The summed E-state index contributed by atoms with van der Waals surface area (Å²) in [7, 11) is 1.50. The van der Waals surface area contributed by atoms with Gasteiger partial charge in [-0.15, -0.1) is 6.42 Å². The van der Waals surface area contributed by atoms with Crippen molar-refractivity contribution in [3.63, 3.8) is 0 Å². The third-order valence-electron chi connectivity index (χ3n) is 8.81. The van der Waals surface area contributed by atoms with E-state index in [1.54, 1.807) is 32.0 Å². The van der Waals surface area contributed by atoms with Gasteiger partial charge in [-0.1, -0.05) is 74.4 Å². The summed E-state index contributed by atoms with van der Waals surface area (Å²) in [5.74, 6) is 0.481. The van der Waals surface area contributed by atoms with Gasteiger partial charge in [-0.3, -0.25) is 9.59 Å². The van der Waals surface area contributed by atoms with Crippen molar-refractivity contribution in [2.24, 2.45) is 11.7 Å². The molecule has 14 heteroatoms. The lowest BCUT2D eigenvalue weighted by molar-refractivity contribution is -0.128. The second-order valence-electron chi connectivity index (χ2n) is 12.9. The second-order valence-corrected chi connectivity index (χ2v) is 12.9. The minimum atomic E-state index is -1.09. The molecule has 7 N–H and O–H groups in total. The minimum absolute atomic E-state index is 0.0412. The number of hydrogen-bond donors (Lipinski definition) is 6. The zero-order chi connectivity index (χ0) is 38.5. The molecule has 0 aromatic heterocycles. The Kier molecular flexibility index (Phi) is 14.2. The lowest BCUT2D eigenvalue weighted by Gasteiger charge is -2.25. The van der Waals surface area contributed by atoms with Crippen molar-refractivity contribution in [3.05, 3.63) is 89.0 Å². The Balaban J connectivity index is 1.44. The lowest BCUT2D eigenvalue weighted by Crippen LogP contribution is -2.54. The molecule has 14 nitrogen and oxygen atoms in total. The molecule has 280 valence electrons. The molecule has 0 unspecified atom stereocenters. The molecule has 1 aliphatic rings. The van der Waals surface area contributed by atoms with Gasteiger partial charge in [-0.25, -0.2) is 14.4 Å². The highest BCUT2D eigenvalue weighted by Gasteiger charge is 2.32. The van der Waals surface area contributed by atoms with Crippen molar-refractivity contribution >= 4 is 35.7 Å². The van der Waals surface area contributed by atoms with Crippen LogP contribution in [0.5, 0.6) is 0 Å². The Morgan fingerprint density at radius 3 is 2.19 bits per heavy atom. The van der Waals surface area contributed by atoms with Crippen LogP contribution in [0.25, 0.3) is 11.1 Å². The number of amides is 6. The summed E-state index contributed by atoms with van der Waals surface area (Å²) >= 11 is 0. The number of ether oxygens (including phenoxy) is 2. The van der Waals surface area contributed by atoms with Gasteiger partial charge in [0, 0.05) is 31.7 Å². The maximum absolute atomic E-state index is 13.7. The van der Waals surface area contributed by atoms with Crippen molar-refractivity contribution in [3.8, 4) is 23.5 Å². The molecule has 0 spiro atoms. The second kappa shape index (κ2) is 19.0. The molecule has 0 aliphatic heterocycles. The van der Waals surface area contributed by atoms with Gasteiger partial charge in [-0.2, -0.15) is 0 Å². The van der Waals surface area contributed by atoms with E-state index >= 15 is 0 Å². The van der Waals surface area contributed by atoms with E-state index in [1.165, 1.54) is 11.9 Å². The van der Waals surface area contributed by atoms with Gasteiger partial charge in [0.2, 0.25) is 11.8 Å². The standard InChI is InChI=1S/C39H46N6O8/c1-5-19-52-39(51)45(4)21-26-20-27(17-16-25(26)22-46)42-35(47)33(15-10-18-41-37(40)49)43-36(48)34(24(2)3)44-38(50)53-23-32-30-13-8-6-11-28(30)29-12-7-9-14-31(29)32/h1,6-9,11-14,16-17,20,24,32-34,46H,10,15,18-19,21-23H2,2-4H3,(H,42,47)(H,43,48)(H,44,50)(H3,40,41,49)/t33-,34-/m0/s1. The number of nitrogens with one attached hydrogen (secondary N) is 4. The molecule has 0 bridgehead atoms. The highest BCUT2D eigenvalue weighted by Crippen LogP contribution is 2.44. The van der Waals surface area contributed by atoms with Gasteiger partial charge < -0.3 is 46.5 Å². The van der Waals surface area contributed by atoms with Crippen LogP contribution in [0, 0.1) is 18.3 Å². The van der Waals surface area contributed by atoms with Crippen molar-refractivity contribution in [1.82, 2.24) is 20.9 Å². The molecular weight excluding hydrogens is 680 g/mol. The van der Waals surface area contributed by atoms with Crippen molar-refractivity contribution < 1.29 is 38.6 Å². The van der Waals surface area contributed by atoms with E-state index < -0.39 is 42.1 Å². The van der Waals surface area contributed by atoms with Crippen LogP contribution in [0.3, 0.4) is 0 Å². The molecule has 6 amide bonds. The molecule has 0 heterocycles. The third kappa shape index (κ3) is 10.7. The summed E-state index contributed by atoms with van der Waals surface area (Å²) in [6, 6.07) is 17.8. The van der Waals surface area contributed by atoms with Crippen molar-refractivity contribution in [2.45, 2.75) is 57.8 Å². The van der Waals surface area contributed by atoms with Crippen LogP contribution in [0.1, 0.15) is 54.9 Å². The number of aliphatic hydroxyl groups excluding tert-OH is 1. The first kappa shape index (κ1) is 39.7. The smallest absolute Gasteiger partial charge is 0.410 e. The van der Waals surface area contributed by atoms with Gasteiger partial charge in [-0.05, 0) is 64.3 Å². The Hall–Kier alpha value is -6.07. The number of nitrogens with zero attached hydrogens (tertiary/aromatic N) is 1. The molecule has 0 fully saturated rings. The molecule has 1 aliphatic carbocycles. The summed E-state index contributed by atoms with van der Waals surface area (Å²) < 4.78 is 10.6. The van der Waals surface area contributed by atoms with Crippen LogP contribution in [0.2, 0.25) is 0 Å². The maximum atomic E-state index is 13.7. The number of alkyl carbamates (subject to hydrolysis) is 1. The number of carbonyl (C=O) groups is 5. The summed E-state index contributed by atoms with van der Waals surface area (Å²) in [4.78, 5) is 65.2. The zero-order valence-electron chi connectivity index (χ0n) is 30.0. The molecule has 3 aromatic carbocycles. The van der Waals surface area contributed by atoms with Crippen LogP contribution in [-0.2, 0) is 32.2 Å². The highest BCUT2D eigenvalue weighted by atomic mass is 16.6. The first-order valence-electron chi connectivity index (χ1n) is 17.2. The zero-order valence-corrected chi connectivity index (χ0v) is 30.0. The number of benzene rings is 3. The Morgan fingerprint density at radius 1 is 0.925 bits per heavy atom. The van der Waals surface area contributed by atoms with E-state index in [1.807, 2.05) is 48.5 Å². The van der Waals surface area contributed by atoms with E-state index in [9.17, 15) is 29.1 Å². The van der Waals surface area contributed by atoms with Gasteiger partial charge in [0.1, 0.15) is 18.7 Å². The fourth-order valence-corrected chi connectivity index (χ4v) is 6.12. The van der Waals surface area contributed by atoms with Gasteiger partial charge in [0.15, 0.2) is 6.61 Å². The number of rotatable bonds is 16. The molecule has 53 heavy (non-hydrogen) atoms. The third-order valence-corrected chi connectivity index (χ3v) is 8.81. The van der Waals surface area contributed by atoms with Gasteiger partial charge in [0.05, 0.1) is 6.61 Å². The number of fused-ring (bicyclic) bond motifs is 3. The molecule has 0 saturated carbocycles. The highest BCUT2D eigenvalue weighted by molar-refractivity contribution is 5.98.